The smallest absolute Gasteiger partial charge is 0.0431 e. The molecule has 1 aliphatic rings. The van der Waals surface area contributed by atoms with Crippen molar-refractivity contribution >= 4 is 24.8 Å². The lowest BCUT2D eigenvalue weighted by Crippen LogP contribution is -2.43. The molecular formula is C14H32Cl2N2O. The first kappa shape index (κ1) is 21.8. The molecule has 0 amide bonds. The molecular weight excluding hydrogens is 283 g/mol. The second kappa shape index (κ2) is 16.5. The van der Waals surface area contributed by atoms with Crippen molar-refractivity contribution in [3.63, 3.8) is 0 Å². The predicted octanol–water partition coefficient (Wildman–Crippen LogP) is 2.85. The van der Waals surface area contributed by atoms with Gasteiger partial charge in [-0.2, -0.15) is 0 Å². The van der Waals surface area contributed by atoms with Gasteiger partial charge in [-0.05, 0) is 19.4 Å². The topological polar surface area (TPSA) is 35.5 Å². The highest BCUT2D eigenvalue weighted by Gasteiger charge is 2.07. The van der Waals surface area contributed by atoms with Crippen LogP contribution in [0.25, 0.3) is 0 Å². The molecule has 19 heavy (non-hydrogen) atoms. The van der Waals surface area contributed by atoms with E-state index in [2.05, 4.69) is 10.2 Å². The van der Waals surface area contributed by atoms with Gasteiger partial charge in [0.1, 0.15) is 0 Å². The maximum atomic E-state index is 8.65. The van der Waals surface area contributed by atoms with E-state index in [-0.39, 0.29) is 24.8 Å². The number of hydrogen-bond acceptors (Lipinski definition) is 3. The molecule has 0 aromatic heterocycles. The van der Waals surface area contributed by atoms with Crippen LogP contribution in [-0.4, -0.2) is 49.3 Å². The molecule has 1 fully saturated rings. The minimum Gasteiger partial charge on any atom is -0.396 e. The molecule has 2 N–H and O–H groups in total. The monoisotopic (exact) mass is 314 g/mol. The van der Waals surface area contributed by atoms with Crippen molar-refractivity contribution in [2.24, 2.45) is 0 Å². The lowest BCUT2D eigenvalue weighted by molar-refractivity contribution is 0.236. The first-order valence-electron chi connectivity index (χ1n) is 7.47. The highest BCUT2D eigenvalue weighted by Crippen LogP contribution is 2.09. The summed E-state index contributed by atoms with van der Waals surface area (Å²) in [4.78, 5) is 2.58. The molecule has 0 atom stereocenters. The summed E-state index contributed by atoms with van der Waals surface area (Å²) in [7, 11) is 0. The van der Waals surface area contributed by atoms with E-state index in [0.29, 0.717) is 6.61 Å². The summed E-state index contributed by atoms with van der Waals surface area (Å²) in [5, 5.41) is 12.0. The molecule has 0 saturated carbocycles. The van der Waals surface area contributed by atoms with Gasteiger partial charge >= 0.3 is 0 Å². The van der Waals surface area contributed by atoms with Crippen LogP contribution in [-0.2, 0) is 0 Å². The molecule has 0 radical (unpaired) electrons. The van der Waals surface area contributed by atoms with Gasteiger partial charge in [0.25, 0.3) is 0 Å². The lowest BCUT2D eigenvalue weighted by Gasteiger charge is -2.27. The average molecular weight is 315 g/mol. The van der Waals surface area contributed by atoms with Gasteiger partial charge in [0.2, 0.25) is 0 Å². The van der Waals surface area contributed by atoms with Crippen molar-refractivity contribution in [2.75, 3.05) is 39.3 Å². The quantitative estimate of drug-likeness (QED) is 0.609. The van der Waals surface area contributed by atoms with Gasteiger partial charge in [0.15, 0.2) is 0 Å². The number of nitrogens with one attached hydrogen (secondary N) is 1. The summed E-state index contributed by atoms with van der Waals surface area (Å²) in [5.41, 5.74) is 0. The number of aliphatic hydroxyl groups excluding tert-OH is 1. The summed E-state index contributed by atoms with van der Waals surface area (Å²) in [6, 6.07) is 0. The fourth-order valence-electron chi connectivity index (χ4n) is 2.44. The molecule has 0 bridgehead atoms. The Morgan fingerprint density at radius 3 is 1.74 bits per heavy atom. The van der Waals surface area contributed by atoms with Crippen LogP contribution in [0, 0.1) is 0 Å². The largest absolute Gasteiger partial charge is 0.396 e. The van der Waals surface area contributed by atoms with Gasteiger partial charge in [-0.25, -0.2) is 0 Å². The molecule has 1 aliphatic heterocycles. The Morgan fingerprint density at radius 2 is 1.21 bits per heavy atom. The zero-order chi connectivity index (χ0) is 12.2. The highest BCUT2D eigenvalue weighted by molar-refractivity contribution is 5.85. The van der Waals surface area contributed by atoms with E-state index >= 15 is 0 Å². The molecule has 5 heteroatoms. The Balaban J connectivity index is 0. The Hall–Kier alpha value is 0.460. The van der Waals surface area contributed by atoms with Crippen LogP contribution in [0.15, 0.2) is 0 Å². The minimum atomic E-state index is 0. The molecule has 1 heterocycles. The lowest BCUT2D eigenvalue weighted by atomic mass is 10.1. The fraction of sp³-hybridized carbons (Fsp3) is 1.00. The zero-order valence-electron chi connectivity index (χ0n) is 12.1. The summed E-state index contributed by atoms with van der Waals surface area (Å²) in [6.45, 7) is 6.48. The van der Waals surface area contributed by atoms with Crippen LogP contribution in [0.2, 0.25) is 0 Å². The van der Waals surface area contributed by atoms with E-state index in [9.17, 15) is 0 Å². The van der Waals surface area contributed by atoms with E-state index in [4.69, 9.17) is 5.11 Å². The number of unbranched alkanes of at least 4 members (excludes halogenated alkanes) is 7. The third-order valence-electron chi connectivity index (χ3n) is 3.59. The van der Waals surface area contributed by atoms with Gasteiger partial charge in [-0.3, -0.25) is 0 Å². The number of aliphatic hydroxyl groups is 1. The van der Waals surface area contributed by atoms with Crippen molar-refractivity contribution in [3.05, 3.63) is 0 Å². The van der Waals surface area contributed by atoms with Crippen molar-refractivity contribution in [2.45, 2.75) is 51.4 Å². The molecule has 0 unspecified atom stereocenters. The van der Waals surface area contributed by atoms with Crippen molar-refractivity contribution in [1.82, 2.24) is 10.2 Å². The maximum Gasteiger partial charge on any atom is 0.0431 e. The maximum absolute atomic E-state index is 8.65. The minimum absolute atomic E-state index is 0. The Kier molecular flexibility index (Phi) is 18.9. The van der Waals surface area contributed by atoms with Gasteiger partial charge in [0, 0.05) is 32.8 Å². The van der Waals surface area contributed by atoms with Crippen molar-refractivity contribution in [1.29, 1.82) is 0 Å². The van der Waals surface area contributed by atoms with Gasteiger partial charge in [-0.15, -0.1) is 24.8 Å². The van der Waals surface area contributed by atoms with E-state index in [1.807, 2.05) is 0 Å². The molecule has 0 aromatic carbocycles. The number of halogens is 2. The van der Waals surface area contributed by atoms with E-state index in [1.54, 1.807) is 0 Å². The average Bonchev–Trinajstić information content (AvgIpc) is 2.38. The van der Waals surface area contributed by atoms with Crippen molar-refractivity contribution < 1.29 is 5.11 Å². The summed E-state index contributed by atoms with van der Waals surface area (Å²) >= 11 is 0. The fourth-order valence-corrected chi connectivity index (χ4v) is 2.44. The molecule has 1 rings (SSSR count). The van der Waals surface area contributed by atoms with E-state index < -0.39 is 0 Å². The highest BCUT2D eigenvalue weighted by atomic mass is 35.5. The van der Waals surface area contributed by atoms with Crippen molar-refractivity contribution in [3.8, 4) is 0 Å². The Labute approximate surface area is 131 Å². The van der Waals surface area contributed by atoms with Gasteiger partial charge in [0.05, 0.1) is 0 Å². The van der Waals surface area contributed by atoms with Crippen LogP contribution in [0.5, 0.6) is 0 Å². The number of piperazine rings is 1. The first-order valence-corrected chi connectivity index (χ1v) is 7.47. The SMILES string of the molecule is Cl.Cl.OCCCCCCCCCCN1CCNCC1. The molecule has 0 aromatic rings. The van der Waals surface area contributed by atoms with Gasteiger partial charge < -0.3 is 15.3 Å². The number of nitrogens with zero attached hydrogens (tertiary/aromatic N) is 1. The van der Waals surface area contributed by atoms with E-state index in [0.717, 1.165) is 6.42 Å². The Bertz CT molecular complexity index is 168. The molecule has 0 aliphatic carbocycles. The predicted molar refractivity (Wildman–Crippen MR) is 87.8 cm³/mol. The normalized spacial score (nSPS) is 15.6. The molecule has 3 nitrogen and oxygen atoms in total. The molecule has 1 saturated heterocycles. The standard InChI is InChI=1S/C14H30N2O.2ClH/c17-14-8-6-4-2-1-3-5-7-11-16-12-9-15-10-13-16;;/h15,17H,1-14H2;2*1H. The zero-order valence-corrected chi connectivity index (χ0v) is 13.7. The van der Waals surface area contributed by atoms with Crippen LogP contribution in [0.3, 0.4) is 0 Å². The van der Waals surface area contributed by atoms with Crippen LogP contribution in [0.1, 0.15) is 51.4 Å². The summed E-state index contributed by atoms with van der Waals surface area (Å²) in [6.07, 6.45) is 10.4. The number of rotatable bonds is 10. The van der Waals surface area contributed by atoms with E-state index in [1.165, 1.54) is 77.7 Å². The summed E-state index contributed by atoms with van der Waals surface area (Å²) < 4.78 is 0. The second-order valence-electron chi connectivity index (χ2n) is 5.14. The van der Waals surface area contributed by atoms with Gasteiger partial charge in [-0.1, -0.05) is 38.5 Å². The second-order valence-corrected chi connectivity index (χ2v) is 5.14. The third kappa shape index (κ3) is 13.2. The van der Waals surface area contributed by atoms with Crippen LogP contribution in [0.4, 0.5) is 0 Å². The molecule has 0 spiro atoms. The van der Waals surface area contributed by atoms with Crippen LogP contribution < -0.4 is 5.32 Å². The third-order valence-corrected chi connectivity index (χ3v) is 3.59. The Morgan fingerprint density at radius 1 is 0.737 bits per heavy atom. The van der Waals surface area contributed by atoms with Crippen LogP contribution >= 0.6 is 24.8 Å². The number of hydrogen-bond donors (Lipinski definition) is 2. The first-order chi connectivity index (χ1) is 8.43. The summed E-state index contributed by atoms with van der Waals surface area (Å²) in [5.74, 6) is 0. The molecule has 118 valence electrons.